The van der Waals surface area contributed by atoms with Gasteiger partial charge in [0, 0.05) is 16.1 Å². The minimum absolute atomic E-state index is 0.350. The molecule has 29 heavy (non-hydrogen) atoms. The number of carbonyl (C=O) groups is 1. The fourth-order valence-electron chi connectivity index (χ4n) is 3.17. The van der Waals surface area contributed by atoms with Gasteiger partial charge < -0.3 is 21.1 Å². The predicted molar refractivity (Wildman–Crippen MR) is 118 cm³/mol. The lowest BCUT2D eigenvalue weighted by Gasteiger charge is -2.11. The molecule has 0 bridgehead atoms. The van der Waals surface area contributed by atoms with Crippen molar-refractivity contribution in [2.75, 3.05) is 23.5 Å². The Morgan fingerprint density at radius 1 is 1.07 bits per heavy atom. The number of anilines is 3. The maximum Gasteiger partial charge on any atom is 0.323 e. The van der Waals surface area contributed by atoms with Gasteiger partial charge in [0.1, 0.15) is 22.7 Å². The topological polar surface area (TPSA) is 102 Å². The highest BCUT2D eigenvalue weighted by Gasteiger charge is 2.15. The van der Waals surface area contributed by atoms with Crippen LogP contribution in [-0.4, -0.2) is 23.1 Å². The number of benzene rings is 2. The number of thiophene rings is 1. The smallest absolute Gasteiger partial charge is 0.323 e. The van der Waals surface area contributed by atoms with Gasteiger partial charge in [-0.15, -0.1) is 11.3 Å². The maximum absolute atomic E-state index is 12.3. The summed E-state index contributed by atoms with van der Waals surface area (Å²) < 4.78 is 5.25. The first-order valence-electron chi connectivity index (χ1n) is 8.88. The number of rotatable bonds is 4. The molecule has 0 unspecified atom stereocenters. The van der Waals surface area contributed by atoms with E-state index in [0.29, 0.717) is 22.9 Å². The minimum atomic E-state index is -0.350. The number of nitrogen functional groups attached to an aromatic ring is 1. The first kappa shape index (κ1) is 18.7. The molecule has 0 atom stereocenters. The molecule has 2 heterocycles. The van der Waals surface area contributed by atoms with Crippen molar-refractivity contribution in [3.63, 3.8) is 0 Å². The molecule has 0 saturated heterocycles. The third-order valence-electron chi connectivity index (χ3n) is 4.48. The van der Waals surface area contributed by atoms with E-state index >= 15 is 0 Å². The van der Waals surface area contributed by atoms with Gasteiger partial charge in [-0.25, -0.2) is 14.8 Å². The van der Waals surface area contributed by atoms with Crippen LogP contribution in [0.1, 0.15) is 4.88 Å². The second-order valence-electron chi connectivity index (χ2n) is 6.33. The number of nitrogens with one attached hydrogen (secondary N) is 2. The Kier molecular flexibility index (Phi) is 5.01. The standard InChI is InChI=1S/C21H19N5O2S/c1-12-17(18-19(22)23-11-24-20(18)29-12)13-7-9-14(10-8-13)25-21(27)26-15-5-3-4-6-16(15)28-2/h3-11H,1-2H3,(H2,22,23,24)(H2,25,26,27). The second kappa shape index (κ2) is 7.76. The molecule has 0 aliphatic rings. The average Bonchev–Trinajstić information content (AvgIpc) is 3.06. The number of hydrogen-bond acceptors (Lipinski definition) is 6. The normalized spacial score (nSPS) is 10.7. The number of nitrogens with two attached hydrogens (primary N) is 1. The zero-order valence-corrected chi connectivity index (χ0v) is 16.7. The van der Waals surface area contributed by atoms with E-state index in [1.807, 2.05) is 43.3 Å². The summed E-state index contributed by atoms with van der Waals surface area (Å²) in [6, 6.07) is 14.5. The summed E-state index contributed by atoms with van der Waals surface area (Å²) in [5.74, 6) is 1.06. The Morgan fingerprint density at radius 2 is 1.83 bits per heavy atom. The number of para-hydroxylation sites is 2. The molecule has 7 nitrogen and oxygen atoms in total. The number of aromatic nitrogens is 2. The van der Waals surface area contributed by atoms with Crippen LogP contribution in [-0.2, 0) is 0 Å². The van der Waals surface area contributed by atoms with Gasteiger partial charge in [0.25, 0.3) is 0 Å². The molecule has 4 aromatic rings. The van der Waals surface area contributed by atoms with E-state index in [1.165, 1.54) is 6.33 Å². The molecule has 0 aliphatic heterocycles. The first-order chi connectivity index (χ1) is 14.1. The van der Waals surface area contributed by atoms with Gasteiger partial charge in [-0.2, -0.15) is 0 Å². The number of aryl methyl sites for hydroxylation is 1. The third kappa shape index (κ3) is 3.70. The number of amides is 2. The summed E-state index contributed by atoms with van der Waals surface area (Å²) >= 11 is 1.58. The van der Waals surface area contributed by atoms with Gasteiger partial charge in [-0.3, -0.25) is 0 Å². The van der Waals surface area contributed by atoms with Crippen LogP contribution in [0.2, 0.25) is 0 Å². The second-order valence-corrected chi connectivity index (χ2v) is 7.53. The summed E-state index contributed by atoms with van der Waals surface area (Å²) in [4.78, 5) is 22.7. The van der Waals surface area contributed by atoms with Crippen LogP contribution < -0.4 is 21.1 Å². The molecule has 0 spiro atoms. The van der Waals surface area contributed by atoms with Crippen LogP contribution >= 0.6 is 11.3 Å². The number of nitrogens with zero attached hydrogens (tertiary/aromatic N) is 2. The highest BCUT2D eigenvalue weighted by Crippen LogP contribution is 2.39. The van der Waals surface area contributed by atoms with Crippen LogP contribution in [0.5, 0.6) is 5.75 Å². The fourth-order valence-corrected chi connectivity index (χ4v) is 4.19. The van der Waals surface area contributed by atoms with Crippen LogP contribution in [0.25, 0.3) is 21.3 Å². The molecule has 146 valence electrons. The summed E-state index contributed by atoms with van der Waals surface area (Å²) in [6.45, 7) is 2.04. The highest BCUT2D eigenvalue weighted by molar-refractivity contribution is 7.19. The van der Waals surface area contributed by atoms with Crippen LogP contribution in [0.4, 0.5) is 22.0 Å². The van der Waals surface area contributed by atoms with E-state index in [4.69, 9.17) is 10.5 Å². The van der Waals surface area contributed by atoms with E-state index in [9.17, 15) is 4.79 Å². The minimum Gasteiger partial charge on any atom is -0.495 e. The monoisotopic (exact) mass is 405 g/mol. The number of hydrogen-bond donors (Lipinski definition) is 3. The lowest BCUT2D eigenvalue weighted by molar-refractivity contribution is 0.262. The zero-order valence-electron chi connectivity index (χ0n) is 15.9. The lowest BCUT2D eigenvalue weighted by atomic mass is 10.0. The third-order valence-corrected chi connectivity index (χ3v) is 5.49. The summed E-state index contributed by atoms with van der Waals surface area (Å²) in [5.41, 5.74) is 9.36. The van der Waals surface area contributed by atoms with Crippen molar-refractivity contribution in [3.8, 4) is 16.9 Å². The molecular weight excluding hydrogens is 386 g/mol. The van der Waals surface area contributed by atoms with Crippen molar-refractivity contribution >= 4 is 44.8 Å². The fraction of sp³-hybridized carbons (Fsp3) is 0.0952. The number of urea groups is 1. The Bertz CT molecular complexity index is 1190. The molecule has 0 saturated carbocycles. The van der Waals surface area contributed by atoms with Gasteiger partial charge in [-0.1, -0.05) is 24.3 Å². The van der Waals surface area contributed by atoms with Gasteiger partial charge in [0.15, 0.2) is 0 Å². The van der Waals surface area contributed by atoms with E-state index in [0.717, 1.165) is 26.2 Å². The molecule has 0 aliphatic carbocycles. The SMILES string of the molecule is COc1ccccc1NC(=O)Nc1ccc(-c2c(C)sc3ncnc(N)c23)cc1. The molecule has 0 fully saturated rings. The van der Waals surface area contributed by atoms with Crippen LogP contribution in [0, 0.1) is 6.92 Å². The van der Waals surface area contributed by atoms with Gasteiger partial charge >= 0.3 is 6.03 Å². The largest absolute Gasteiger partial charge is 0.495 e. The van der Waals surface area contributed by atoms with Crippen molar-refractivity contribution in [1.82, 2.24) is 9.97 Å². The number of ether oxygens (including phenoxy) is 1. The summed E-state index contributed by atoms with van der Waals surface area (Å²) in [6.07, 6.45) is 1.48. The molecule has 0 radical (unpaired) electrons. The molecule has 4 N–H and O–H groups in total. The molecular formula is C21H19N5O2S. The Labute approximate surface area is 171 Å². The van der Waals surface area contributed by atoms with Gasteiger partial charge in [-0.05, 0) is 36.8 Å². The maximum atomic E-state index is 12.3. The summed E-state index contributed by atoms with van der Waals surface area (Å²) in [7, 11) is 1.56. The Morgan fingerprint density at radius 3 is 2.59 bits per heavy atom. The molecule has 8 heteroatoms. The Hall–Kier alpha value is -3.65. The van der Waals surface area contributed by atoms with Crippen molar-refractivity contribution < 1.29 is 9.53 Å². The predicted octanol–water partition coefficient (Wildman–Crippen LogP) is 4.90. The van der Waals surface area contributed by atoms with E-state index in [1.54, 1.807) is 30.6 Å². The molecule has 2 amide bonds. The molecule has 4 rings (SSSR count). The average molecular weight is 405 g/mol. The van der Waals surface area contributed by atoms with Gasteiger partial charge in [0.05, 0.1) is 18.2 Å². The van der Waals surface area contributed by atoms with Crippen LogP contribution in [0.15, 0.2) is 54.9 Å². The van der Waals surface area contributed by atoms with E-state index in [-0.39, 0.29) is 6.03 Å². The van der Waals surface area contributed by atoms with Gasteiger partial charge in [0.2, 0.25) is 0 Å². The molecule has 2 aromatic carbocycles. The first-order valence-corrected chi connectivity index (χ1v) is 9.69. The van der Waals surface area contributed by atoms with Crippen LogP contribution in [0.3, 0.4) is 0 Å². The highest BCUT2D eigenvalue weighted by atomic mass is 32.1. The van der Waals surface area contributed by atoms with Crippen molar-refractivity contribution in [2.45, 2.75) is 6.92 Å². The van der Waals surface area contributed by atoms with Crippen molar-refractivity contribution in [2.24, 2.45) is 0 Å². The number of methoxy groups -OCH3 is 1. The lowest BCUT2D eigenvalue weighted by Crippen LogP contribution is -2.19. The number of carbonyl (C=O) groups excluding carboxylic acids is 1. The van der Waals surface area contributed by atoms with Crippen molar-refractivity contribution in [1.29, 1.82) is 0 Å². The Balaban J connectivity index is 1.55. The quantitative estimate of drug-likeness (QED) is 0.448. The molecule has 2 aromatic heterocycles. The summed E-state index contributed by atoms with van der Waals surface area (Å²) in [5, 5.41) is 6.48. The van der Waals surface area contributed by atoms with Crippen molar-refractivity contribution in [3.05, 3.63) is 59.7 Å². The van der Waals surface area contributed by atoms with E-state index < -0.39 is 0 Å². The van der Waals surface area contributed by atoms with E-state index in [2.05, 4.69) is 20.6 Å². The zero-order chi connectivity index (χ0) is 20.4. The number of fused-ring (bicyclic) bond motifs is 1.